The van der Waals surface area contributed by atoms with Crippen molar-refractivity contribution in [3.63, 3.8) is 0 Å². The number of rotatable bonds is 7. The van der Waals surface area contributed by atoms with Crippen LogP contribution in [0.4, 0.5) is 5.69 Å². The minimum Gasteiger partial charge on any atom is -0.385 e. The number of benzene rings is 1. The summed E-state index contributed by atoms with van der Waals surface area (Å²) in [5, 5.41) is 3.12. The van der Waals surface area contributed by atoms with Crippen molar-refractivity contribution in [1.29, 1.82) is 0 Å². The van der Waals surface area contributed by atoms with Crippen LogP contribution in [-0.4, -0.2) is 10.7 Å². The Balaban J connectivity index is 1.92. The first-order chi connectivity index (χ1) is 11.5. The van der Waals surface area contributed by atoms with Crippen molar-refractivity contribution in [2.24, 2.45) is 16.5 Å². The molecule has 1 aromatic carbocycles. The molecule has 6 heteroatoms. The van der Waals surface area contributed by atoms with Crippen LogP contribution in [0, 0.1) is 0 Å². The number of allylic oxidation sites excluding steroid dienone is 1. The second kappa shape index (κ2) is 8.79. The Morgan fingerprint density at radius 2 is 1.88 bits per heavy atom. The molecule has 2 aromatic rings. The van der Waals surface area contributed by atoms with E-state index >= 15 is 0 Å². The lowest BCUT2D eigenvalue weighted by Crippen LogP contribution is -2.11. The number of aromatic nitrogens is 1. The summed E-state index contributed by atoms with van der Waals surface area (Å²) in [5.41, 5.74) is 14.2. The van der Waals surface area contributed by atoms with Crippen LogP contribution in [-0.2, 0) is 5.75 Å². The summed E-state index contributed by atoms with van der Waals surface area (Å²) < 4.78 is 0. The summed E-state index contributed by atoms with van der Waals surface area (Å²) in [4.78, 5) is 9.24. The maximum atomic E-state index is 5.94. The van der Waals surface area contributed by atoms with E-state index in [1.54, 1.807) is 30.2 Å². The summed E-state index contributed by atoms with van der Waals surface area (Å²) in [7, 11) is 0. The average molecular weight is 339 g/mol. The Bertz CT molecular complexity index is 736. The quantitative estimate of drug-likeness (QED) is 0.531. The molecule has 5 N–H and O–H groups in total. The molecule has 1 aromatic heterocycles. The van der Waals surface area contributed by atoms with E-state index < -0.39 is 0 Å². The van der Waals surface area contributed by atoms with Gasteiger partial charge in [0.2, 0.25) is 0 Å². The van der Waals surface area contributed by atoms with Gasteiger partial charge in [0.1, 0.15) is 11.6 Å². The molecule has 0 amide bonds. The standard InChI is InChI=1S/C18H21N5S/c1-13(22-14(2)19)11-18(20)23-16-5-3-15(4-6-16)12-24-17-7-9-21-10-8-17/h3-11,23H,2,12,19-20H2,1H3/b18-11+,22-13-. The van der Waals surface area contributed by atoms with E-state index in [0.717, 1.165) is 11.4 Å². The van der Waals surface area contributed by atoms with Crippen molar-refractivity contribution in [2.45, 2.75) is 17.6 Å². The second-order valence-electron chi connectivity index (χ2n) is 5.14. The van der Waals surface area contributed by atoms with Gasteiger partial charge in [0, 0.05) is 34.4 Å². The zero-order chi connectivity index (χ0) is 17.4. The molecule has 5 nitrogen and oxygen atoms in total. The van der Waals surface area contributed by atoms with Gasteiger partial charge in [0.05, 0.1) is 0 Å². The molecule has 124 valence electrons. The van der Waals surface area contributed by atoms with E-state index in [1.165, 1.54) is 10.5 Å². The third-order valence-electron chi connectivity index (χ3n) is 2.98. The van der Waals surface area contributed by atoms with Gasteiger partial charge >= 0.3 is 0 Å². The van der Waals surface area contributed by atoms with E-state index in [1.807, 2.05) is 31.2 Å². The highest BCUT2D eigenvalue weighted by Gasteiger charge is 1.99. The van der Waals surface area contributed by atoms with Crippen LogP contribution in [0.25, 0.3) is 0 Å². The van der Waals surface area contributed by atoms with Gasteiger partial charge in [0.15, 0.2) is 0 Å². The highest BCUT2D eigenvalue weighted by Crippen LogP contribution is 2.22. The number of nitrogens with two attached hydrogens (primary N) is 2. The summed E-state index contributed by atoms with van der Waals surface area (Å²) in [6, 6.07) is 12.2. The first-order valence-corrected chi connectivity index (χ1v) is 8.37. The van der Waals surface area contributed by atoms with Crippen LogP contribution < -0.4 is 16.8 Å². The predicted octanol–water partition coefficient (Wildman–Crippen LogP) is 3.48. The molecule has 0 aliphatic carbocycles. The largest absolute Gasteiger partial charge is 0.385 e. The number of aliphatic imine (C=N–C) groups is 1. The van der Waals surface area contributed by atoms with Crippen LogP contribution >= 0.6 is 11.8 Å². The van der Waals surface area contributed by atoms with Crippen LogP contribution in [0.15, 0.2) is 83.0 Å². The minimum atomic E-state index is 0.257. The van der Waals surface area contributed by atoms with E-state index in [4.69, 9.17) is 11.5 Å². The highest BCUT2D eigenvalue weighted by atomic mass is 32.2. The van der Waals surface area contributed by atoms with Crippen molar-refractivity contribution < 1.29 is 0 Å². The van der Waals surface area contributed by atoms with E-state index in [0.29, 0.717) is 11.5 Å². The van der Waals surface area contributed by atoms with Gasteiger partial charge < -0.3 is 16.8 Å². The molecule has 0 radical (unpaired) electrons. The number of anilines is 1. The summed E-state index contributed by atoms with van der Waals surface area (Å²) in [6.07, 6.45) is 5.32. The van der Waals surface area contributed by atoms with E-state index in [2.05, 4.69) is 34.0 Å². The molecule has 0 fully saturated rings. The second-order valence-corrected chi connectivity index (χ2v) is 6.19. The Morgan fingerprint density at radius 3 is 2.50 bits per heavy atom. The van der Waals surface area contributed by atoms with Crippen molar-refractivity contribution in [3.05, 3.63) is 78.7 Å². The van der Waals surface area contributed by atoms with Crippen molar-refractivity contribution in [2.75, 3.05) is 5.32 Å². The predicted molar refractivity (Wildman–Crippen MR) is 103 cm³/mol. The lowest BCUT2D eigenvalue weighted by molar-refractivity contribution is 1.25. The van der Waals surface area contributed by atoms with Crippen LogP contribution in [0.2, 0.25) is 0 Å². The molecule has 0 saturated heterocycles. The smallest absolute Gasteiger partial charge is 0.116 e. The number of hydrogen-bond donors (Lipinski definition) is 3. The van der Waals surface area contributed by atoms with E-state index in [-0.39, 0.29) is 5.82 Å². The fourth-order valence-corrected chi connectivity index (χ4v) is 2.81. The van der Waals surface area contributed by atoms with Crippen LogP contribution in [0.5, 0.6) is 0 Å². The van der Waals surface area contributed by atoms with Crippen LogP contribution in [0.3, 0.4) is 0 Å². The maximum Gasteiger partial charge on any atom is 0.116 e. The molecule has 24 heavy (non-hydrogen) atoms. The van der Waals surface area contributed by atoms with Gasteiger partial charge in [0.25, 0.3) is 0 Å². The number of pyridine rings is 1. The summed E-state index contributed by atoms with van der Waals surface area (Å²) in [5.74, 6) is 1.66. The Morgan fingerprint density at radius 1 is 1.21 bits per heavy atom. The molecule has 2 rings (SSSR count). The fraction of sp³-hybridized carbons (Fsp3) is 0.111. The molecule has 0 saturated carbocycles. The van der Waals surface area contributed by atoms with Crippen molar-refractivity contribution in [3.8, 4) is 0 Å². The molecule has 1 heterocycles. The molecule has 0 spiro atoms. The normalized spacial score (nSPS) is 12.0. The minimum absolute atomic E-state index is 0.257. The SMILES string of the molecule is C=C(N)/N=C(C)\C=C(/N)Nc1ccc(CSc2ccncc2)cc1. The third kappa shape index (κ3) is 6.18. The summed E-state index contributed by atoms with van der Waals surface area (Å²) >= 11 is 1.78. The zero-order valence-corrected chi connectivity index (χ0v) is 14.4. The first-order valence-electron chi connectivity index (χ1n) is 7.38. The van der Waals surface area contributed by atoms with Gasteiger partial charge in [-0.25, -0.2) is 4.99 Å². The Kier molecular flexibility index (Phi) is 6.45. The van der Waals surface area contributed by atoms with Crippen molar-refractivity contribution >= 4 is 23.2 Å². The molecule has 0 aliphatic heterocycles. The van der Waals surface area contributed by atoms with Gasteiger partial charge in [-0.1, -0.05) is 18.7 Å². The highest BCUT2D eigenvalue weighted by molar-refractivity contribution is 7.98. The number of nitrogens with one attached hydrogen (secondary N) is 1. The van der Waals surface area contributed by atoms with Gasteiger partial charge in [-0.05, 0) is 42.8 Å². The average Bonchev–Trinajstić information content (AvgIpc) is 2.54. The van der Waals surface area contributed by atoms with Crippen LogP contribution in [0.1, 0.15) is 12.5 Å². The van der Waals surface area contributed by atoms with Gasteiger partial charge in [-0.2, -0.15) is 0 Å². The topological polar surface area (TPSA) is 89.3 Å². The fourth-order valence-electron chi connectivity index (χ4n) is 1.97. The molecular formula is C18H21N5S. The molecule has 0 atom stereocenters. The molecule has 0 bridgehead atoms. The third-order valence-corrected chi connectivity index (χ3v) is 4.07. The molecule has 0 unspecified atom stereocenters. The number of hydrogen-bond acceptors (Lipinski definition) is 6. The lowest BCUT2D eigenvalue weighted by Gasteiger charge is -2.08. The first kappa shape index (κ1) is 17.6. The Hall–Kier alpha value is -2.73. The number of thioether (sulfide) groups is 1. The molecular weight excluding hydrogens is 318 g/mol. The zero-order valence-electron chi connectivity index (χ0n) is 13.6. The molecule has 0 aliphatic rings. The van der Waals surface area contributed by atoms with Crippen molar-refractivity contribution in [1.82, 2.24) is 4.98 Å². The summed E-state index contributed by atoms with van der Waals surface area (Å²) in [6.45, 7) is 5.34. The number of nitrogens with zero attached hydrogens (tertiary/aromatic N) is 2. The van der Waals surface area contributed by atoms with Gasteiger partial charge in [-0.15, -0.1) is 11.8 Å². The Labute approximate surface area is 146 Å². The van der Waals surface area contributed by atoms with E-state index in [9.17, 15) is 0 Å². The van der Waals surface area contributed by atoms with Gasteiger partial charge in [-0.3, -0.25) is 4.98 Å². The lowest BCUT2D eigenvalue weighted by atomic mass is 10.2. The monoisotopic (exact) mass is 339 g/mol. The maximum absolute atomic E-state index is 5.94.